The molecule has 0 bridgehead atoms. The zero-order chi connectivity index (χ0) is 20.5. The van der Waals surface area contributed by atoms with Crippen molar-refractivity contribution >= 4 is 15.7 Å². The minimum Gasteiger partial charge on any atom is -0.484 e. The zero-order valence-electron chi connectivity index (χ0n) is 17.9. The highest BCUT2D eigenvalue weighted by molar-refractivity contribution is 7.92. The molecule has 0 saturated carbocycles. The summed E-state index contributed by atoms with van der Waals surface area (Å²) in [4.78, 5) is 0. The highest BCUT2D eigenvalue weighted by Gasteiger charge is 2.12. The van der Waals surface area contributed by atoms with Crippen LogP contribution in [-0.2, 0) is 10.0 Å². The van der Waals surface area contributed by atoms with Gasteiger partial charge in [0.25, 0.3) is 0 Å². The van der Waals surface area contributed by atoms with Gasteiger partial charge in [0.15, 0.2) is 0 Å². The second-order valence-corrected chi connectivity index (χ2v) is 9.37. The lowest BCUT2D eigenvalue weighted by Crippen LogP contribution is -2.17. The van der Waals surface area contributed by atoms with Gasteiger partial charge in [-0.05, 0) is 31.4 Å². The minimum atomic E-state index is -3.32. The molecule has 0 atom stereocenters. The van der Waals surface area contributed by atoms with Gasteiger partial charge < -0.3 is 4.74 Å². The van der Waals surface area contributed by atoms with Crippen molar-refractivity contribution in [2.75, 3.05) is 10.5 Å². The molecule has 1 aromatic rings. The zero-order valence-corrected chi connectivity index (χ0v) is 18.7. The standard InChI is InChI=1S/C23H40NO3S/c1-3-5-7-8-9-10-11-12-13-14-17-20-27-23-19-16-15-18-22(23)24-28(25,26)21-6-4-2/h15-16,18-20,24H,3-14,17,21H2,1-2H3. The molecule has 1 rings (SSSR count). The van der Waals surface area contributed by atoms with Gasteiger partial charge in [-0.15, -0.1) is 0 Å². The third kappa shape index (κ3) is 12.3. The lowest BCUT2D eigenvalue weighted by Gasteiger charge is -2.13. The summed E-state index contributed by atoms with van der Waals surface area (Å²) in [5, 5.41) is 0. The summed E-state index contributed by atoms with van der Waals surface area (Å²) in [6.07, 6.45) is 15.5. The molecule has 0 amide bonds. The molecule has 161 valence electrons. The Bertz CT molecular complexity index is 602. The van der Waals surface area contributed by atoms with Crippen LogP contribution in [0.1, 0.15) is 97.3 Å². The average Bonchev–Trinajstić information content (AvgIpc) is 2.68. The maximum absolute atomic E-state index is 12.1. The number of hydrogen-bond donors (Lipinski definition) is 1. The fraction of sp³-hybridized carbons (Fsp3) is 0.696. The van der Waals surface area contributed by atoms with Gasteiger partial charge in [0.1, 0.15) is 12.4 Å². The van der Waals surface area contributed by atoms with E-state index in [-0.39, 0.29) is 5.75 Å². The van der Waals surface area contributed by atoms with Crippen LogP contribution in [0.25, 0.3) is 0 Å². The molecule has 0 heterocycles. The summed E-state index contributed by atoms with van der Waals surface area (Å²) < 4.78 is 32.6. The Morgan fingerprint density at radius 3 is 2.04 bits per heavy atom. The van der Waals surface area contributed by atoms with E-state index >= 15 is 0 Å². The van der Waals surface area contributed by atoms with Crippen LogP contribution in [-0.4, -0.2) is 14.2 Å². The number of unbranched alkanes of at least 4 members (excludes halogenated alkanes) is 11. The Morgan fingerprint density at radius 2 is 1.39 bits per heavy atom. The first-order valence-electron chi connectivity index (χ1n) is 11.2. The number of anilines is 1. The predicted molar refractivity (Wildman–Crippen MR) is 120 cm³/mol. The van der Waals surface area contributed by atoms with Crippen molar-refractivity contribution in [1.29, 1.82) is 0 Å². The van der Waals surface area contributed by atoms with E-state index in [1.54, 1.807) is 18.7 Å². The Morgan fingerprint density at radius 1 is 0.821 bits per heavy atom. The molecular weight excluding hydrogens is 370 g/mol. The fourth-order valence-corrected chi connectivity index (χ4v) is 4.34. The first-order chi connectivity index (χ1) is 13.6. The van der Waals surface area contributed by atoms with E-state index in [4.69, 9.17) is 4.74 Å². The Labute approximate surface area is 173 Å². The molecule has 0 fully saturated rings. The van der Waals surface area contributed by atoms with Crippen LogP contribution in [0.5, 0.6) is 5.75 Å². The van der Waals surface area contributed by atoms with Crippen molar-refractivity contribution in [2.24, 2.45) is 0 Å². The van der Waals surface area contributed by atoms with E-state index in [0.717, 1.165) is 19.3 Å². The Hall–Kier alpha value is -1.23. The van der Waals surface area contributed by atoms with E-state index in [1.807, 2.05) is 19.1 Å². The van der Waals surface area contributed by atoms with Crippen LogP contribution >= 0.6 is 0 Å². The second kappa shape index (κ2) is 15.7. The van der Waals surface area contributed by atoms with Crippen LogP contribution in [0.2, 0.25) is 0 Å². The van der Waals surface area contributed by atoms with Crippen LogP contribution < -0.4 is 9.46 Å². The summed E-state index contributed by atoms with van der Waals surface area (Å²) >= 11 is 0. The summed E-state index contributed by atoms with van der Waals surface area (Å²) in [5.41, 5.74) is 0.512. The third-order valence-corrected chi connectivity index (χ3v) is 6.16. The van der Waals surface area contributed by atoms with Crippen LogP contribution in [0.4, 0.5) is 5.69 Å². The number of hydrogen-bond acceptors (Lipinski definition) is 3. The number of nitrogens with one attached hydrogen (secondary N) is 1. The first-order valence-corrected chi connectivity index (χ1v) is 12.8. The molecule has 4 nitrogen and oxygen atoms in total. The molecule has 1 aromatic carbocycles. The Kier molecular flexibility index (Phi) is 13.9. The summed E-state index contributed by atoms with van der Waals surface area (Å²) in [5.74, 6) is 0.704. The number of para-hydroxylation sites is 2. The number of sulfonamides is 1. The maximum atomic E-state index is 12.1. The van der Waals surface area contributed by atoms with Gasteiger partial charge in [0.2, 0.25) is 10.0 Å². The highest BCUT2D eigenvalue weighted by atomic mass is 32.2. The molecule has 5 heteroatoms. The Balaban J connectivity index is 2.17. The van der Waals surface area contributed by atoms with Gasteiger partial charge in [-0.1, -0.05) is 90.2 Å². The summed E-state index contributed by atoms with van der Waals surface area (Å²) in [6, 6.07) is 7.21. The molecule has 0 aliphatic rings. The van der Waals surface area contributed by atoms with Crippen LogP contribution in [0.15, 0.2) is 24.3 Å². The summed E-state index contributed by atoms with van der Waals surface area (Å²) in [6.45, 7) is 6.03. The van der Waals surface area contributed by atoms with E-state index in [9.17, 15) is 8.42 Å². The van der Waals surface area contributed by atoms with Crippen LogP contribution in [0.3, 0.4) is 0 Å². The van der Waals surface area contributed by atoms with Crippen LogP contribution in [0, 0.1) is 6.61 Å². The predicted octanol–water partition coefficient (Wildman–Crippen LogP) is 7.08. The molecule has 1 radical (unpaired) electrons. The van der Waals surface area contributed by atoms with Crippen molar-refractivity contribution in [2.45, 2.75) is 97.3 Å². The number of benzene rings is 1. The molecule has 28 heavy (non-hydrogen) atoms. The van der Waals surface area contributed by atoms with Crippen molar-refractivity contribution in [3.8, 4) is 5.75 Å². The first kappa shape index (κ1) is 24.8. The smallest absolute Gasteiger partial charge is 0.232 e. The molecular formula is C23H40NO3S. The minimum absolute atomic E-state index is 0.139. The second-order valence-electron chi connectivity index (χ2n) is 7.53. The average molecular weight is 411 g/mol. The van der Waals surface area contributed by atoms with Gasteiger partial charge in [0.05, 0.1) is 11.4 Å². The molecule has 0 aromatic heterocycles. The quantitative estimate of drug-likeness (QED) is 0.263. The van der Waals surface area contributed by atoms with Crippen molar-refractivity contribution in [3.63, 3.8) is 0 Å². The monoisotopic (exact) mass is 410 g/mol. The van der Waals surface area contributed by atoms with E-state index in [1.165, 1.54) is 57.8 Å². The van der Waals surface area contributed by atoms with Crippen molar-refractivity contribution < 1.29 is 13.2 Å². The van der Waals surface area contributed by atoms with Crippen molar-refractivity contribution in [3.05, 3.63) is 30.9 Å². The fourth-order valence-electron chi connectivity index (χ4n) is 3.07. The highest BCUT2D eigenvalue weighted by Crippen LogP contribution is 2.26. The molecule has 0 spiro atoms. The van der Waals surface area contributed by atoms with Gasteiger partial charge in [-0.3, -0.25) is 4.72 Å². The lowest BCUT2D eigenvalue weighted by atomic mass is 10.1. The van der Waals surface area contributed by atoms with E-state index in [0.29, 0.717) is 17.9 Å². The SMILES string of the molecule is CCCCCCCCCCCC[CH]Oc1ccccc1NS(=O)(=O)CCCC. The molecule has 0 unspecified atom stereocenters. The number of rotatable bonds is 18. The van der Waals surface area contributed by atoms with Gasteiger partial charge in [-0.2, -0.15) is 0 Å². The van der Waals surface area contributed by atoms with Gasteiger partial charge >= 0.3 is 0 Å². The van der Waals surface area contributed by atoms with E-state index < -0.39 is 10.0 Å². The lowest BCUT2D eigenvalue weighted by molar-refractivity contribution is 0.384. The maximum Gasteiger partial charge on any atom is 0.232 e. The van der Waals surface area contributed by atoms with Crippen molar-refractivity contribution in [1.82, 2.24) is 0 Å². The van der Waals surface area contributed by atoms with Gasteiger partial charge in [-0.25, -0.2) is 8.42 Å². The topological polar surface area (TPSA) is 55.4 Å². The molecule has 0 aliphatic carbocycles. The molecule has 1 N–H and O–H groups in total. The number of ether oxygens (including phenoxy) is 1. The molecule has 0 saturated heterocycles. The van der Waals surface area contributed by atoms with E-state index in [2.05, 4.69) is 11.6 Å². The van der Waals surface area contributed by atoms with Gasteiger partial charge in [0, 0.05) is 0 Å². The normalized spacial score (nSPS) is 11.5. The largest absolute Gasteiger partial charge is 0.484 e. The summed E-state index contributed by atoms with van der Waals surface area (Å²) in [7, 11) is -3.32. The third-order valence-electron chi connectivity index (χ3n) is 4.80. The molecule has 0 aliphatic heterocycles.